The lowest BCUT2D eigenvalue weighted by Crippen LogP contribution is -2.08. The van der Waals surface area contributed by atoms with Crippen LogP contribution in [0.5, 0.6) is 0 Å². The highest BCUT2D eigenvalue weighted by Crippen LogP contribution is 2.29. The van der Waals surface area contributed by atoms with Crippen molar-refractivity contribution in [3.8, 4) is 0 Å². The van der Waals surface area contributed by atoms with Gasteiger partial charge in [-0.15, -0.1) is 0 Å². The number of aromatic nitrogens is 2. The van der Waals surface area contributed by atoms with Crippen LogP contribution in [0.1, 0.15) is 28.1 Å². The average molecular weight is 317 g/mol. The third-order valence-electron chi connectivity index (χ3n) is 3.03. The van der Waals surface area contributed by atoms with Gasteiger partial charge in [-0.3, -0.25) is 0 Å². The predicted octanol–water partition coefficient (Wildman–Crippen LogP) is 3.28. The Morgan fingerprint density at radius 1 is 1.24 bits per heavy atom. The van der Waals surface area contributed by atoms with Crippen LogP contribution >= 0.6 is 11.5 Å². The van der Waals surface area contributed by atoms with Gasteiger partial charge in [0, 0.05) is 18.1 Å². The first-order valence-corrected chi connectivity index (χ1v) is 6.93. The quantitative estimate of drug-likeness (QED) is 0.908. The molecule has 0 fully saturated rings. The third kappa shape index (κ3) is 3.70. The topological polar surface area (TPSA) is 58.0 Å². The average Bonchev–Trinajstić information content (AvgIpc) is 2.86. The number of rotatable bonds is 4. The molecule has 0 bridgehead atoms. The molecule has 0 aliphatic rings. The van der Waals surface area contributed by atoms with Gasteiger partial charge in [-0.05, 0) is 36.1 Å². The molecule has 2 rings (SSSR count). The van der Waals surface area contributed by atoms with Gasteiger partial charge in [0.15, 0.2) is 0 Å². The Kier molecular flexibility index (Phi) is 4.48. The molecule has 0 aliphatic carbocycles. The molecule has 1 aromatic heterocycles. The van der Waals surface area contributed by atoms with E-state index in [9.17, 15) is 13.2 Å². The van der Waals surface area contributed by atoms with Crippen molar-refractivity contribution >= 4 is 16.7 Å². The van der Waals surface area contributed by atoms with Gasteiger partial charge in [-0.25, -0.2) is 0 Å². The molecule has 0 unspecified atom stereocenters. The van der Waals surface area contributed by atoms with Crippen molar-refractivity contribution in [1.29, 1.82) is 0 Å². The van der Waals surface area contributed by atoms with Crippen LogP contribution in [0.15, 0.2) is 12.1 Å². The highest BCUT2D eigenvalue weighted by Gasteiger charge is 2.36. The standard InChI is InChI=1S/C13H14F3N3OS/c1-7-3-9(6-20)4-8(2)10(7)5-17-12-18-11(19-21-12)13(14,15)16/h3-4,20H,5-6H2,1-2H3,(H,17,18,19). The number of aryl methyl sites for hydroxylation is 2. The molecule has 0 spiro atoms. The number of halogens is 3. The molecule has 0 atom stereocenters. The Balaban J connectivity index is 2.12. The zero-order valence-corrected chi connectivity index (χ0v) is 12.3. The SMILES string of the molecule is Cc1cc(CO)cc(C)c1CNc1nc(C(F)(F)F)ns1. The van der Waals surface area contributed by atoms with Crippen LogP contribution in [-0.2, 0) is 19.3 Å². The van der Waals surface area contributed by atoms with Gasteiger partial charge in [0.2, 0.25) is 11.0 Å². The molecule has 8 heteroatoms. The highest BCUT2D eigenvalue weighted by atomic mass is 32.1. The van der Waals surface area contributed by atoms with Crippen LogP contribution in [0.3, 0.4) is 0 Å². The van der Waals surface area contributed by atoms with E-state index in [1.54, 1.807) is 0 Å². The number of hydrogen-bond donors (Lipinski definition) is 2. The number of benzene rings is 1. The minimum atomic E-state index is -4.52. The normalized spacial score (nSPS) is 11.7. The lowest BCUT2D eigenvalue weighted by molar-refractivity contribution is -0.144. The number of aliphatic hydroxyl groups excluding tert-OH is 1. The summed E-state index contributed by atoms with van der Waals surface area (Å²) < 4.78 is 40.5. The van der Waals surface area contributed by atoms with Crippen LogP contribution in [0, 0.1) is 13.8 Å². The molecule has 4 nitrogen and oxygen atoms in total. The van der Waals surface area contributed by atoms with Crippen LogP contribution in [0.4, 0.5) is 18.3 Å². The first kappa shape index (κ1) is 15.7. The van der Waals surface area contributed by atoms with E-state index >= 15 is 0 Å². The summed E-state index contributed by atoms with van der Waals surface area (Å²) in [5.41, 5.74) is 3.71. The summed E-state index contributed by atoms with van der Waals surface area (Å²) in [4.78, 5) is 3.42. The minimum Gasteiger partial charge on any atom is -0.392 e. The summed E-state index contributed by atoms with van der Waals surface area (Å²) in [5, 5.41) is 12.1. The number of nitrogens with one attached hydrogen (secondary N) is 1. The van der Waals surface area contributed by atoms with E-state index in [-0.39, 0.29) is 11.7 Å². The van der Waals surface area contributed by atoms with Crippen molar-refractivity contribution in [2.45, 2.75) is 33.2 Å². The Hall–Kier alpha value is -1.67. The third-order valence-corrected chi connectivity index (χ3v) is 3.71. The smallest absolute Gasteiger partial charge is 0.392 e. The van der Waals surface area contributed by atoms with Gasteiger partial charge in [0.25, 0.3) is 0 Å². The lowest BCUT2D eigenvalue weighted by atomic mass is 9.99. The van der Waals surface area contributed by atoms with Gasteiger partial charge >= 0.3 is 6.18 Å². The van der Waals surface area contributed by atoms with Crippen molar-refractivity contribution < 1.29 is 18.3 Å². The van der Waals surface area contributed by atoms with E-state index < -0.39 is 12.0 Å². The molecule has 2 N–H and O–H groups in total. The van der Waals surface area contributed by atoms with Gasteiger partial charge in [-0.2, -0.15) is 22.5 Å². The first-order valence-electron chi connectivity index (χ1n) is 6.16. The summed E-state index contributed by atoms with van der Waals surface area (Å²) in [6.45, 7) is 4.10. The fraction of sp³-hybridized carbons (Fsp3) is 0.385. The van der Waals surface area contributed by atoms with Crippen LogP contribution in [0.25, 0.3) is 0 Å². The fourth-order valence-corrected chi connectivity index (χ4v) is 2.61. The molecule has 21 heavy (non-hydrogen) atoms. The predicted molar refractivity (Wildman–Crippen MR) is 74.1 cm³/mol. The van der Waals surface area contributed by atoms with E-state index in [2.05, 4.69) is 14.7 Å². The maximum atomic E-state index is 12.4. The van der Waals surface area contributed by atoms with Crippen molar-refractivity contribution in [2.24, 2.45) is 0 Å². The number of aliphatic hydroxyl groups is 1. The van der Waals surface area contributed by atoms with Crippen molar-refractivity contribution in [3.63, 3.8) is 0 Å². The second-order valence-corrected chi connectivity index (χ2v) is 5.39. The van der Waals surface area contributed by atoms with E-state index in [0.717, 1.165) is 22.3 Å². The number of alkyl halides is 3. The maximum absolute atomic E-state index is 12.4. The molecule has 0 saturated carbocycles. The van der Waals surface area contributed by atoms with Crippen molar-refractivity contribution in [3.05, 3.63) is 40.2 Å². The van der Waals surface area contributed by atoms with Crippen molar-refractivity contribution in [2.75, 3.05) is 5.32 Å². The molecule has 0 saturated heterocycles. The zero-order valence-electron chi connectivity index (χ0n) is 11.5. The van der Waals surface area contributed by atoms with Gasteiger partial charge in [0.05, 0.1) is 6.61 Å². The second kappa shape index (κ2) is 5.98. The fourth-order valence-electron chi connectivity index (χ4n) is 2.03. The number of nitrogens with zero attached hydrogens (tertiary/aromatic N) is 2. The Labute approximate surface area is 123 Å². The first-order chi connectivity index (χ1) is 9.81. The van der Waals surface area contributed by atoms with E-state index in [1.165, 1.54) is 0 Å². The van der Waals surface area contributed by atoms with E-state index in [4.69, 9.17) is 5.11 Å². The second-order valence-electron chi connectivity index (χ2n) is 4.64. The van der Waals surface area contributed by atoms with Crippen LogP contribution < -0.4 is 5.32 Å². The molecule has 2 aromatic rings. The van der Waals surface area contributed by atoms with Gasteiger partial charge < -0.3 is 10.4 Å². The van der Waals surface area contributed by atoms with Crippen molar-refractivity contribution in [1.82, 2.24) is 9.36 Å². The Morgan fingerprint density at radius 2 is 1.86 bits per heavy atom. The van der Waals surface area contributed by atoms with Crippen LogP contribution in [0.2, 0.25) is 0 Å². The Morgan fingerprint density at radius 3 is 2.33 bits per heavy atom. The van der Waals surface area contributed by atoms with Gasteiger partial charge in [-0.1, -0.05) is 12.1 Å². The van der Waals surface area contributed by atoms with Crippen LogP contribution in [-0.4, -0.2) is 14.5 Å². The lowest BCUT2D eigenvalue weighted by Gasteiger charge is -2.12. The Bertz CT molecular complexity index is 617. The molecular formula is C13H14F3N3OS. The molecule has 0 radical (unpaired) electrons. The monoisotopic (exact) mass is 317 g/mol. The molecule has 0 amide bonds. The van der Waals surface area contributed by atoms with E-state index in [0.29, 0.717) is 18.1 Å². The molecule has 1 aromatic carbocycles. The summed E-state index contributed by atoms with van der Waals surface area (Å²) in [7, 11) is 0. The molecule has 1 heterocycles. The molecular weight excluding hydrogens is 303 g/mol. The number of hydrogen-bond acceptors (Lipinski definition) is 5. The summed E-state index contributed by atoms with van der Waals surface area (Å²) >= 11 is 0.683. The molecule has 114 valence electrons. The summed E-state index contributed by atoms with van der Waals surface area (Å²) in [5.74, 6) is -1.13. The van der Waals surface area contributed by atoms with E-state index in [1.807, 2.05) is 26.0 Å². The maximum Gasteiger partial charge on any atom is 0.452 e. The largest absolute Gasteiger partial charge is 0.452 e. The summed E-state index contributed by atoms with van der Waals surface area (Å²) in [6, 6.07) is 3.70. The summed E-state index contributed by atoms with van der Waals surface area (Å²) in [6.07, 6.45) is -4.52. The molecule has 0 aliphatic heterocycles. The zero-order chi connectivity index (χ0) is 15.6. The minimum absolute atomic E-state index is 0.0409. The highest BCUT2D eigenvalue weighted by molar-refractivity contribution is 7.09. The number of anilines is 1. The van der Waals surface area contributed by atoms with Gasteiger partial charge in [0.1, 0.15) is 0 Å².